The lowest BCUT2D eigenvalue weighted by Crippen LogP contribution is -2.29. The first-order valence-corrected chi connectivity index (χ1v) is 11.4. The summed E-state index contributed by atoms with van der Waals surface area (Å²) in [5.41, 5.74) is 3.49. The molecule has 9 heteroatoms. The minimum Gasteiger partial charge on any atom is -0.321 e. The molecule has 6 rings (SSSR count). The molecule has 0 bridgehead atoms. The van der Waals surface area contributed by atoms with E-state index in [0.29, 0.717) is 11.3 Å². The Kier molecular flexibility index (Phi) is 5.11. The van der Waals surface area contributed by atoms with Crippen LogP contribution in [-0.4, -0.2) is 32.5 Å². The van der Waals surface area contributed by atoms with E-state index in [1.807, 2.05) is 37.3 Å². The number of carbonyl (C=O) groups is 3. The van der Waals surface area contributed by atoms with Crippen LogP contribution in [0.3, 0.4) is 0 Å². The van der Waals surface area contributed by atoms with Gasteiger partial charge in [-0.25, -0.2) is 19.0 Å². The molecule has 0 atom stereocenters. The Morgan fingerprint density at radius 2 is 1.59 bits per heavy atom. The lowest BCUT2D eigenvalue weighted by molar-refractivity contribution is 0.0925. The van der Waals surface area contributed by atoms with Crippen molar-refractivity contribution >= 4 is 40.1 Å². The van der Waals surface area contributed by atoms with Crippen molar-refractivity contribution in [3.05, 3.63) is 113 Å². The van der Waals surface area contributed by atoms with Crippen LogP contribution in [0, 0.1) is 12.7 Å². The summed E-state index contributed by atoms with van der Waals surface area (Å²) in [7, 11) is 0. The highest BCUT2D eigenvalue weighted by atomic mass is 19.1. The van der Waals surface area contributed by atoms with Crippen molar-refractivity contribution in [2.45, 2.75) is 6.92 Å². The molecular formula is C28H18FN5O3. The second-order valence-corrected chi connectivity index (χ2v) is 8.56. The first-order chi connectivity index (χ1) is 17.9. The second-order valence-electron chi connectivity index (χ2n) is 8.56. The number of amides is 3. The van der Waals surface area contributed by atoms with Gasteiger partial charge in [-0.1, -0.05) is 18.2 Å². The van der Waals surface area contributed by atoms with E-state index in [0.717, 1.165) is 21.7 Å². The Morgan fingerprint density at radius 1 is 0.865 bits per heavy atom. The third-order valence-electron chi connectivity index (χ3n) is 6.20. The quantitative estimate of drug-likeness (QED) is 0.360. The Morgan fingerprint density at radius 3 is 2.35 bits per heavy atom. The van der Waals surface area contributed by atoms with Crippen molar-refractivity contribution in [3.8, 4) is 5.69 Å². The number of nitrogens with one attached hydrogen (secondary N) is 1. The number of hydrogen-bond acceptors (Lipinski definition) is 5. The summed E-state index contributed by atoms with van der Waals surface area (Å²) in [6.45, 7) is 1.87. The molecule has 0 spiro atoms. The minimum absolute atomic E-state index is 0.107. The van der Waals surface area contributed by atoms with Crippen molar-refractivity contribution in [1.29, 1.82) is 0 Å². The van der Waals surface area contributed by atoms with Gasteiger partial charge in [-0.3, -0.25) is 14.4 Å². The van der Waals surface area contributed by atoms with Crippen LogP contribution in [-0.2, 0) is 0 Å². The molecule has 3 amide bonds. The number of imide groups is 1. The first kappa shape index (κ1) is 22.3. The fraction of sp³-hybridized carbons (Fsp3) is 0.0357. The van der Waals surface area contributed by atoms with Crippen LogP contribution in [0.25, 0.3) is 16.7 Å². The van der Waals surface area contributed by atoms with Crippen LogP contribution >= 0.6 is 0 Å². The van der Waals surface area contributed by atoms with E-state index >= 15 is 0 Å². The smallest absolute Gasteiger partial charge is 0.266 e. The van der Waals surface area contributed by atoms with Gasteiger partial charge in [0.1, 0.15) is 5.82 Å². The zero-order valence-electron chi connectivity index (χ0n) is 19.5. The molecule has 37 heavy (non-hydrogen) atoms. The van der Waals surface area contributed by atoms with Gasteiger partial charge in [-0.2, -0.15) is 5.10 Å². The maximum absolute atomic E-state index is 13.3. The molecule has 1 N–H and O–H groups in total. The number of carbonyl (C=O) groups excluding carboxylic acids is 3. The number of hydrogen-bond donors (Lipinski definition) is 1. The standard InChI is InChI=1S/C28H18FN5O3/c1-16-23-14-19(15-30-25(23)34(32-16)21-5-3-2-4-6-21)31-26(35)17-7-12-22-24(13-17)28(37)33(27(22)36)20-10-8-18(29)9-11-20/h2-15H,1H3,(H,31,35). The number of nitrogens with zero attached hydrogens (tertiary/aromatic N) is 4. The average Bonchev–Trinajstić information content (AvgIpc) is 3.38. The molecular weight excluding hydrogens is 473 g/mol. The SMILES string of the molecule is Cc1nn(-c2ccccc2)c2ncc(NC(=O)c3ccc4c(c3)C(=O)N(c3ccc(F)cc3)C4=O)cc12. The Bertz CT molecular complexity index is 1730. The summed E-state index contributed by atoms with van der Waals surface area (Å²) < 4.78 is 15.0. The predicted octanol–water partition coefficient (Wildman–Crippen LogP) is 4.92. The number of aryl methyl sites for hydroxylation is 1. The summed E-state index contributed by atoms with van der Waals surface area (Å²) in [5.74, 6) is -2.04. The third-order valence-corrected chi connectivity index (χ3v) is 6.20. The summed E-state index contributed by atoms with van der Waals surface area (Å²) in [5, 5.41) is 8.16. The highest BCUT2D eigenvalue weighted by Crippen LogP contribution is 2.30. The van der Waals surface area contributed by atoms with E-state index in [1.165, 1.54) is 42.5 Å². The number of para-hydroxylation sites is 1. The lowest BCUT2D eigenvalue weighted by Gasteiger charge is -2.13. The van der Waals surface area contributed by atoms with Crippen LogP contribution in [0.15, 0.2) is 85.1 Å². The molecule has 0 radical (unpaired) electrons. The van der Waals surface area contributed by atoms with Crippen molar-refractivity contribution in [3.63, 3.8) is 0 Å². The summed E-state index contributed by atoms with van der Waals surface area (Å²) in [6.07, 6.45) is 1.54. The molecule has 2 aromatic heterocycles. The van der Waals surface area contributed by atoms with Crippen molar-refractivity contribution in [2.75, 3.05) is 10.2 Å². The summed E-state index contributed by atoms with van der Waals surface area (Å²) in [4.78, 5) is 44.3. The Balaban J connectivity index is 1.27. The Labute approximate surface area is 210 Å². The molecule has 0 fully saturated rings. The Hall–Kier alpha value is -5.18. The highest BCUT2D eigenvalue weighted by Gasteiger charge is 2.37. The molecule has 8 nitrogen and oxygen atoms in total. The van der Waals surface area contributed by atoms with Crippen molar-refractivity contribution in [1.82, 2.24) is 14.8 Å². The van der Waals surface area contributed by atoms with Crippen LogP contribution in [0.2, 0.25) is 0 Å². The third kappa shape index (κ3) is 3.73. The molecule has 0 aliphatic carbocycles. The monoisotopic (exact) mass is 491 g/mol. The van der Waals surface area contributed by atoms with Crippen LogP contribution < -0.4 is 10.2 Å². The molecule has 3 aromatic carbocycles. The maximum atomic E-state index is 13.3. The second kappa shape index (κ2) is 8.49. The number of halogens is 1. The highest BCUT2D eigenvalue weighted by molar-refractivity contribution is 6.34. The number of anilines is 2. The fourth-order valence-electron chi connectivity index (χ4n) is 4.37. The first-order valence-electron chi connectivity index (χ1n) is 11.4. The van der Waals surface area contributed by atoms with Gasteiger partial charge < -0.3 is 5.32 Å². The van der Waals surface area contributed by atoms with Gasteiger partial charge in [-0.15, -0.1) is 0 Å². The molecule has 5 aromatic rings. The number of rotatable bonds is 4. The number of aromatic nitrogens is 3. The lowest BCUT2D eigenvalue weighted by atomic mass is 10.1. The molecule has 180 valence electrons. The van der Waals surface area contributed by atoms with Crippen LogP contribution in [0.5, 0.6) is 0 Å². The van der Waals surface area contributed by atoms with Gasteiger partial charge in [0.25, 0.3) is 17.7 Å². The van der Waals surface area contributed by atoms with Gasteiger partial charge in [0, 0.05) is 10.9 Å². The molecule has 3 heterocycles. The van der Waals surface area contributed by atoms with E-state index < -0.39 is 23.5 Å². The fourth-order valence-corrected chi connectivity index (χ4v) is 4.37. The van der Waals surface area contributed by atoms with E-state index in [9.17, 15) is 18.8 Å². The van der Waals surface area contributed by atoms with E-state index in [1.54, 1.807) is 16.9 Å². The van der Waals surface area contributed by atoms with E-state index in [2.05, 4.69) is 15.4 Å². The molecule has 0 saturated heterocycles. The van der Waals surface area contributed by atoms with E-state index in [4.69, 9.17) is 0 Å². The number of pyridine rings is 1. The number of benzene rings is 3. The topological polar surface area (TPSA) is 97.2 Å². The predicted molar refractivity (Wildman–Crippen MR) is 136 cm³/mol. The van der Waals surface area contributed by atoms with Crippen LogP contribution in [0.1, 0.15) is 36.8 Å². The van der Waals surface area contributed by atoms with E-state index in [-0.39, 0.29) is 22.4 Å². The zero-order valence-corrected chi connectivity index (χ0v) is 19.5. The molecule has 1 aliphatic rings. The van der Waals surface area contributed by atoms with Gasteiger partial charge in [0.2, 0.25) is 0 Å². The van der Waals surface area contributed by atoms with Gasteiger partial charge in [-0.05, 0) is 67.6 Å². The molecule has 0 unspecified atom stereocenters. The molecule has 1 aliphatic heterocycles. The van der Waals surface area contributed by atoms with Gasteiger partial charge in [0.15, 0.2) is 5.65 Å². The van der Waals surface area contributed by atoms with Gasteiger partial charge in [0.05, 0.1) is 40.1 Å². The number of fused-ring (bicyclic) bond motifs is 2. The maximum Gasteiger partial charge on any atom is 0.266 e. The minimum atomic E-state index is -0.576. The largest absolute Gasteiger partial charge is 0.321 e. The average molecular weight is 491 g/mol. The summed E-state index contributed by atoms with van der Waals surface area (Å²) >= 11 is 0. The summed E-state index contributed by atoms with van der Waals surface area (Å²) in [6, 6.07) is 20.8. The molecule has 0 saturated carbocycles. The van der Waals surface area contributed by atoms with Crippen molar-refractivity contribution < 1.29 is 18.8 Å². The zero-order chi connectivity index (χ0) is 25.7. The van der Waals surface area contributed by atoms with Crippen molar-refractivity contribution in [2.24, 2.45) is 0 Å². The van der Waals surface area contributed by atoms with Gasteiger partial charge >= 0.3 is 0 Å². The van der Waals surface area contributed by atoms with Crippen LogP contribution in [0.4, 0.5) is 15.8 Å². The normalized spacial score (nSPS) is 12.8.